The highest BCUT2D eigenvalue weighted by atomic mass is 16.5. The van der Waals surface area contributed by atoms with Crippen molar-refractivity contribution in [2.75, 3.05) is 25.5 Å². The van der Waals surface area contributed by atoms with E-state index in [-0.39, 0.29) is 36.5 Å². The highest BCUT2D eigenvalue weighted by Gasteiger charge is 2.24. The van der Waals surface area contributed by atoms with Crippen LogP contribution in [0.2, 0.25) is 0 Å². The summed E-state index contributed by atoms with van der Waals surface area (Å²) in [5.41, 5.74) is 6.83. The molecule has 1 aromatic heterocycles. The molecule has 1 atom stereocenters. The third-order valence-corrected chi connectivity index (χ3v) is 3.49. The fourth-order valence-corrected chi connectivity index (χ4v) is 2.19. The number of nitriles is 1. The molecule has 0 amide bonds. The molecule has 0 unspecified atom stereocenters. The van der Waals surface area contributed by atoms with E-state index in [0.29, 0.717) is 17.0 Å². The number of benzene rings is 1. The first kappa shape index (κ1) is 19.1. The minimum absolute atomic E-state index is 0.0816. The number of nitrogens with two attached hydrogens (primary N) is 1. The van der Waals surface area contributed by atoms with Gasteiger partial charge in [-0.2, -0.15) is 10.2 Å². The average molecular weight is 355 g/mol. The lowest BCUT2D eigenvalue weighted by molar-refractivity contribution is 0.0519. The fraction of sp³-hybridized carbons (Fsp3) is 0.333. The maximum Gasteiger partial charge on any atom is 0.347 e. The average Bonchev–Trinajstić information content (AvgIpc) is 2.67. The molecule has 1 heterocycles. The molecule has 8 nitrogen and oxygen atoms in total. The van der Waals surface area contributed by atoms with Crippen molar-refractivity contribution >= 4 is 11.8 Å². The molecule has 0 aliphatic carbocycles. The van der Waals surface area contributed by atoms with Gasteiger partial charge in [0, 0.05) is 19.2 Å². The van der Waals surface area contributed by atoms with Crippen LogP contribution in [0.5, 0.6) is 5.88 Å². The van der Waals surface area contributed by atoms with Crippen LogP contribution in [-0.4, -0.2) is 42.2 Å². The molecule has 3 N–H and O–H groups in total. The number of rotatable bonds is 7. The van der Waals surface area contributed by atoms with Crippen LogP contribution in [0, 0.1) is 11.3 Å². The van der Waals surface area contributed by atoms with Gasteiger partial charge in [0.2, 0.25) is 5.88 Å². The number of hydrogen-bond donors (Lipinski definition) is 2. The van der Waals surface area contributed by atoms with Crippen LogP contribution in [-0.2, 0) is 4.74 Å². The van der Waals surface area contributed by atoms with Crippen molar-refractivity contribution < 1.29 is 14.3 Å². The van der Waals surface area contributed by atoms with E-state index in [1.165, 1.54) is 0 Å². The monoisotopic (exact) mass is 355 g/mol. The molecule has 0 aliphatic rings. The van der Waals surface area contributed by atoms with E-state index in [1.807, 2.05) is 0 Å². The van der Waals surface area contributed by atoms with Crippen molar-refractivity contribution in [1.82, 2.24) is 9.97 Å². The van der Waals surface area contributed by atoms with Crippen molar-refractivity contribution in [3.05, 3.63) is 35.4 Å². The van der Waals surface area contributed by atoms with Crippen LogP contribution in [0.3, 0.4) is 0 Å². The summed E-state index contributed by atoms with van der Waals surface area (Å²) >= 11 is 0. The minimum Gasteiger partial charge on any atom is -0.473 e. The number of anilines is 1. The van der Waals surface area contributed by atoms with Crippen molar-refractivity contribution in [2.45, 2.75) is 20.0 Å². The first-order valence-corrected chi connectivity index (χ1v) is 8.18. The number of nitrogens with zero attached hydrogens (tertiary/aromatic N) is 3. The van der Waals surface area contributed by atoms with Gasteiger partial charge in [0.05, 0.1) is 18.2 Å². The maximum absolute atomic E-state index is 12.4. The van der Waals surface area contributed by atoms with E-state index in [4.69, 9.17) is 20.5 Å². The largest absolute Gasteiger partial charge is 0.473 e. The summed E-state index contributed by atoms with van der Waals surface area (Å²) in [6.07, 6.45) is -0.360. The molecule has 1 aromatic carbocycles. The van der Waals surface area contributed by atoms with Crippen molar-refractivity contribution in [1.29, 1.82) is 5.26 Å². The summed E-state index contributed by atoms with van der Waals surface area (Å²) < 4.78 is 10.8. The molecule has 0 radical (unpaired) electrons. The minimum atomic E-state index is -0.589. The number of carbonyl (C=O) groups excluding carboxylic acids is 1. The molecule has 26 heavy (non-hydrogen) atoms. The van der Waals surface area contributed by atoms with Crippen LogP contribution in [0.4, 0.5) is 5.82 Å². The molecule has 0 saturated carbocycles. The van der Waals surface area contributed by atoms with Gasteiger partial charge in [0.1, 0.15) is 11.9 Å². The topological polar surface area (TPSA) is 123 Å². The Labute approximate surface area is 152 Å². The predicted molar refractivity (Wildman–Crippen MR) is 96.8 cm³/mol. The summed E-state index contributed by atoms with van der Waals surface area (Å²) in [5, 5.41) is 12.0. The smallest absolute Gasteiger partial charge is 0.347 e. The molecule has 2 rings (SSSR count). The van der Waals surface area contributed by atoms with E-state index < -0.39 is 5.97 Å². The molecule has 0 spiro atoms. The van der Waals surface area contributed by atoms with Gasteiger partial charge in [-0.3, -0.25) is 0 Å². The Balaban J connectivity index is 2.63. The molecule has 8 heteroatoms. The molecular formula is C18H21N5O3. The quantitative estimate of drug-likeness (QED) is 0.723. The molecule has 136 valence electrons. The van der Waals surface area contributed by atoms with Gasteiger partial charge in [0.15, 0.2) is 11.4 Å². The van der Waals surface area contributed by atoms with E-state index in [9.17, 15) is 4.79 Å². The van der Waals surface area contributed by atoms with Crippen molar-refractivity contribution in [3.8, 4) is 23.3 Å². The van der Waals surface area contributed by atoms with Crippen molar-refractivity contribution in [3.63, 3.8) is 0 Å². The van der Waals surface area contributed by atoms with E-state index >= 15 is 0 Å². The number of esters is 1. The number of hydrogen-bond acceptors (Lipinski definition) is 8. The second-order valence-electron chi connectivity index (χ2n) is 5.40. The zero-order chi connectivity index (χ0) is 19.1. The van der Waals surface area contributed by atoms with Gasteiger partial charge in [-0.25, -0.2) is 9.78 Å². The summed E-state index contributed by atoms with van der Waals surface area (Å²) in [7, 11) is 1.64. The first-order chi connectivity index (χ1) is 12.5. The Hall–Kier alpha value is -3.18. The third kappa shape index (κ3) is 4.26. The first-order valence-electron chi connectivity index (χ1n) is 8.18. The van der Waals surface area contributed by atoms with Gasteiger partial charge >= 0.3 is 5.97 Å². The van der Waals surface area contributed by atoms with Gasteiger partial charge in [-0.15, -0.1) is 0 Å². The number of nitrogens with one attached hydrogen (secondary N) is 1. The lowest BCUT2D eigenvalue weighted by Gasteiger charge is -2.17. The Kier molecular flexibility index (Phi) is 6.47. The van der Waals surface area contributed by atoms with E-state index in [0.717, 1.165) is 0 Å². The second kappa shape index (κ2) is 8.78. The molecular weight excluding hydrogens is 334 g/mol. The SMILES string of the molecule is CCOC(=O)c1c(NC)nc(-c2cccc(C#N)c2)nc1O[C@H](C)CN. The lowest BCUT2D eigenvalue weighted by Crippen LogP contribution is -2.25. The molecule has 0 fully saturated rings. The summed E-state index contributed by atoms with van der Waals surface area (Å²) in [6.45, 7) is 3.94. The summed E-state index contributed by atoms with van der Waals surface area (Å²) in [5.74, 6) is 0.0836. The highest BCUT2D eigenvalue weighted by Crippen LogP contribution is 2.29. The number of aromatic nitrogens is 2. The number of ether oxygens (including phenoxy) is 2. The van der Waals surface area contributed by atoms with Crippen LogP contribution >= 0.6 is 0 Å². The lowest BCUT2D eigenvalue weighted by atomic mass is 10.1. The summed E-state index contributed by atoms with van der Waals surface area (Å²) in [6, 6.07) is 8.93. The van der Waals surface area contributed by atoms with Crippen LogP contribution in [0.15, 0.2) is 24.3 Å². The Morgan fingerprint density at radius 3 is 2.81 bits per heavy atom. The fourth-order valence-electron chi connectivity index (χ4n) is 2.19. The standard InChI is InChI=1S/C18H21N5O3/c1-4-25-18(24)14-16(21-3)22-15(23-17(14)26-11(2)9-19)13-7-5-6-12(8-13)10-20/h5-8,11H,4,9,19H2,1-3H3,(H,21,22,23)/t11-/m1/s1. The zero-order valence-corrected chi connectivity index (χ0v) is 14.9. The van der Waals surface area contributed by atoms with E-state index in [1.54, 1.807) is 45.2 Å². The van der Waals surface area contributed by atoms with Gasteiger partial charge in [-0.05, 0) is 26.0 Å². The normalized spacial score (nSPS) is 11.3. The summed E-state index contributed by atoms with van der Waals surface area (Å²) in [4.78, 5) is 21.1. The molecule has 0 saturated heterocycles. The molecule has 2 aromatic rings. The highest BCUT2D eigenvalue weighted by molar-refractivity contribution is 5.97. The van der Waals surface area contributed by atoms with Gasteiger partial charge in [-0.1, -0.05) is 12.1 Å². The third-order valence-electron chi connectivity index (χ3n) is 3.49. The molecule has 0 aliphatic heterocycles. The van der Waals surface area contributed by atoms with E-state index in [2.05, 4.69) is 21.4 Å². The number of carbonyl (C=O) groups is 1. The van der Waals surface area contributed by atoms with Crippen LogP contribution < -0.4 is 15.8 Å². The predicted octanol–water partition coefficient (Wildman–Crippen LogP) is 1.96. The van der Waals surface area contributed by atoms with Crippen LogP contribution in [0.1, 0.15) is 29.8 Å². The molecule has 0 bridgehead atoms. The van der Waals surface area contributed by atoms with Crippen LogP contribution in [0.25, 0.3) is 11.4 Å². The Bertz CT molecular complexity index is 832. The second-order valence-corrected chi connectivity index (χ2v) is 5.40. The Morgan fingerprint density at radius 1 is 1.42 bits per heavy atom. The Morgan fingerprint density at radius 2 is 2.19 bits per heavy atom. The zero-order valence-electron chi connectivity index (χ0n) is 14.9. The van der Waals surface area contributed by atoms with Crippen molar-refractivity contribution in [2.24, 2.45) is 5.73 Å². The van der Waals surface area contributed by atoms with Gasteiger partial charge in [0.25, 0.3) is 0 Å². The maximum atomic E-state index is 12.4. The van der Waals surface area contributed by atoms with Gasteiger partial charge < -0.3 is 20.5 Å².